The Hall–Kier alpha value is -2.10. The molecule has 0 amide bonds. The van der Waals surface area contributed by atoms with Gasteiger partial charge in [-0.1, -0.05) is 54.1 Å². The molecular formula is C17H16ClN3. The predicted molar refractivity (Wildman–Crippen MR) is 86.3 cm³/mol. The number of aromatic nitrogens is 2. The Kier molecular flexibility index (Phi) is 4.04. The van der Waals surface area contributed by atoms with Crippen molar-refractivity contribution in [1.82, 2.24) is 9.78 Å². The summed E-state index contributed by atoms with van der Waals surface area (Å²) in [5, 5.41) is 5.17. The number of nitrogens with two attached hydrogens (primary N) is 1. The van der Waals surface area contributed by atoms with Crippen LogP contribution in [0.4, 0.5) is 0 Å². The van der Waals surface area contributed by atoms with Gasteiger partial charge in [-0.25, -0.2) is 0 Å². The van der Waals surface area contributed by atoms with Crippen molar-refractivity contribution in [3.05, 3.63) is 77.6 Å². The van der Waals surface area contributed by atoms with Gasteiger partial charge in [-0.05, 0) is 23.3 Å². The third kappa shape index (κ3) is 2.99. The van der Waals surface area contributed by atoms with Crippen LogP contribution < -0.4 is 5.73 Å². The van der Waals surface area contributed by atoms with Gasteiger partial charge in [-0.3, -0.25) is 4.68 Å². The molecule has 2 aromatic carbocycles. The Morgan fingerprint density at radius 3 is 2.57 bits per heavy atom. The molecule has 0 aliphatic carbocycles. The maximum atomic E-state index is 6.06. The third-order valence-corrected chi connectivity index (χ3v) is 3.72. The lowest BCUT2D eigenvalue weighted by atomic mass is 10.1. The molecule has 0 bridgehead atoms. The minimum atomic E-state index is -0.0128. The van der Waals surface area contributed by atoms with Crippen LogP contribution in [-0.4, -0.2) is 16.3 Å². The maximum Gasteiger partial charge on any atom is 0.0891 e. The zero-order valence-corrected chi connectivity index (χ0v) is 12.2. The summed E-state index contributed by atoms with van der Waals surface area (Å²) >= 11 is 6.06. The second-order valence-corrected chi connectivity index (χ2v) is 5.32. The predicted octanol–water partition coefficient (Wildman–Crippen LogP) is 3.75. The lowest BCUT2D eigenvalue weighted by molar-refractivity contribution is 0.532. The molecule has 4 heteroatoms. The second kappa shape index (κ2) is 6.12. The second-order valence-electron chi connectivity index (χ2n) is 4.88. The molecule has 1 atom stereocenters. The number of halogens is 1. The lowest BCUT2D eigenvalue weighted by Crippen LogP contribution is -2.20. The van der Waals surface area contributed by atoms with E-state index in [1.807, 2.05) is 59.5 Å². The summed E-state index contributed by atoms with van der Waals surface area (Å²) in [6.07, 6.45) is 3.89. The molecular weight excluding hydrogens is 282 g/mol. The van der Waals surface area contributed by atoms with Crippen molar-refractivity contribution < 1.29 is 0 Å². The van der Waals surface area contributed by atoms with Gasteiger partial charge in [0.1, 0.15) is 0 Å². The van der Waals surface area contributed by atoms with E-state index in [4.69, 9.17) is 17.3 Å². The number of benzene rings is 2. The van der Waals surface area contributed by atoms with Crippen molar-refractivity contribution in [1.29, 1.82) is 0 Å². The van der Waals surface area contributed by atoms with Crippen molar-refractivity contribution in [3.63, 3.8) is 0 Å². The van der Waals surface area contributed by atoms with Gasteiger partial charge in [0, 0.05) is 23.3 Å². The summed E-state index contributed by atoms with van der Waals surface area (Å²) in [6.45, 7) is 0.469. The summed E-state index contributed by atoms with van der Waals surface area (Å²) in [7, 11) is 0. The molecule has 3 aromatic rings. The normalized spacial score (nSPS) is 12.3. The van der Waals surface area contributed by atoms with E-state index in [-0.39, 0.29) is 6.04 Å². The van der Waals surface area contributed by atoms with Crippen molar-refractivity contribution >= 4 is 11.6 Å². The topological polar surface area (TPSA) is 43.8 Å². The van der Waals surface area contributed by atoms with E-state index in [0.717, 1.165) is 16.7 Å². The zero-order valence-electron chi connectivity index (χ0n) is 11.5. The Labute approximate surface area is 129 Å². The van der Waals surface area contributed by atoms with E-state index >= 15 is 0 Å². The van der Waals surface area contributed by atoms with Crippen LogP contribution >= 0.6 is 11.6 Å². The summed E-state index contributed by atoms with van der Waals surface area (Å²) in [4.78, 5) is 0. The summed E-state index contributed by atoms with van der Waals surface area (Å²) in [5.74, 6) is 0. The van der Waals surface area contributed by atoms with Gasteiger partial charge in [-0.2, -0.15) is 5.10 Å². The van der Waals surface area contributed by atoms with Crippen LogP contribution in [0.15, 0.2) is 67.0 Å². The molecule has 2 N–H and O–H groups in total. The van der Waals surface area contributed by atoms with E-state index in [1.165, 1.54) is 0 Å². The first-order valence-electron chi connectivity index (χ1n) is 6.83. The monoisotopic (exact) mass is 297 g/mol. The highest BCUT2D eigenvalue weighted by Crippen LogP contribution is 2.24. The molecule has 0 saturated heterocycles. The SMILES string of the molecule is NCC(c1cccc(Cl)c1)n1cc(-c2ccccc2)cn1. The van der Waals surface area contributed by atoms with Crippen LogP contribution in [0.2, 0.25) is 5.02 Å². The first kappa shape index (κ1) is 13.9. The number of hydrogen-bond donors (Lipinski definition) is 1. The molecule has 0 fully saturated rings. The Morgan fingerprint density at radius 2 is 1.86 bits per heavy atom. The first-order chi connectivity index (χ1) is 10.3. The molecule has 0 saturated carbocycles. The van der Waals surface area contributed by atoms with Crippen LogP contribution in [0, 0.1) is 0 Å². The quantitative estimate of drug-likeness (QED) is 0.797. The highest BCUT2D eigenvalue weighted by Gasteiger charge is 2.14. The number of rotatable bonds is 4. The molecule has 0 spiro atoms. The van der Waals surface area contributed by atoms with Crippen LogP contribution in [-0.2, 0) is 0 Å². The standard InChI is InChI=1S/C17H16ClN3/c18-16-8-4-7-14(9-16)17(10-19)21-12-15(11-20-21)13-5-2-1-3-6-13/h1-9,11-12,17H,10,19H2. The van der Waals surface area contributed by atoms with E-state index in [9.17, 15) is 0 Å². The molecule has 3 rings (SSSR count). The summed E-state index contributed by atoms with van der Waals surface area (Å²) in [5.41, 5.74) is 9.22. The minimum absolute atomic E-state index is 0.0128. The van der Waals surface area contributed by atoms with Gasteiger partial charge in [-0.15, -0.1) is 0 Å². The Morgan fingerprint density at radius 1 is 1.05 bits per heavy atom. The zero-order chi connectivity index (χ0) is 14.7. The fraction of sp³-hybridized carbons (Fsp3) is 0.118. The van der Waals surface area contributed by atoms with E-state index in [0.29, 0.717) is 11.6 Å². The Balaban J connectivity index is 1.94. The number of hydrogen-bond acceptors (Lipinski definition) is 2. The summed E-state index contributed by atoms with van der Waals surface area (Å²) < 4.78 is 1.90. The fourth-order valence-electron chi connectivity index (χ4n) is 2.40. The molecule has 106 valence electrons. The van der Waals surface area contributed by atoms with E-state index in [1.54, 1.807) is 0 Å². The average molecular weight is 298 g/mol. The van der Waals surface area contributed by atoms with Gasteiger partial charge in [0.2, 0.25) is 0 Å². The minimum Gasteiger partial charge on any atom is -0.328 e. The molecule has 0 aliphatic heterocycles. The van der Waals surface area contributed by atoms with Crippen molar-refractivity contribution in [3.8, 4) is 11.1 Å². The molecule has 0 radical (unpaired) electrons. The van der Waals surface area contributed by atoms with Gasteiger partial charge in [0.25, 0.3) is 0 Å². The third-order valence-electron chi connectivity index (χ3n) is 3.48. The fourth-order valence-corrected chi connectivity index (χ4v) is 2.60. The first-order valence-corrected chi connectivity index (χ1v) is 7.21. The smallest absolute Gasteiger partial charge is 0.0891 e. The molecule has 0 aliphatic rings. The molecule has 1 heterocycles. The number of nitrogens with zero attached hydrogens (tertiary/aromatic N) is 2. The summed E-state index contributed by atoms with van der Waals surface area (Å²) in [6, 6.07) is 17.9. The van der Waals surface area contributed by atoms with Crippen LogP contribution in [0.25, 0.3) is 11.1 Å². The average Bonchev–Trinajstić information content (AvgIpc) is 2.99. The highest BCUT2D eigenvalue weighted by atomic mass is 35.5. The molecule has 21 heavy (non-hydrogen) atoms. The van der Waals surface area contributed by atoms with Crippen molar-refractivity contribution in [2.75, 3.05) is 6.54 Å². The molecule has 1 aromatic heterocycles. The van der Waals surface area contributed by atoms with Crippen molar-refractivity contribution in [2.45, 2.75) is 6.04 Å². The molecule has 3 nitrogen and oxygen atoms in total. The van der Waals surface area contributed by atoms with Gasteiger partial charge in [0.15, 0.2) is 0 Å². The van der Waals surface area contributed by atoms with Crippen LogP contribution in [0.3, 0.4) is 0 Å². The lowest BCUT2D eigenvalue weighted by Gasteiger charge is -2.16. The molecule has 1 unspecified atom stereocenters. The van der Waals surface area contributed by atoms with Gasteiger partial charge < -0.3 is 5.73 Å². The maximum absolute atomic E-state index is 6.06. The highest BCUT2D eigenvalue weighted by molar-refractivity contribution is 6.30. The van der Waals surface area contributed by atoms with Crippen LogP contribution in [0.5, 0.6) is 0 Å². The Bertz CT molecular complexity index is 722. The van der Waals surface area contributed by atoms with Crippen LogP contribution in [0.1, 0.15) is 11.6 Å². The van der Waals surface area contributed by atoms with Gasteiger partial charge in [0.05, 0.1) is 12.2 Å². The van der Waals surface area contributed by atoms with E-state index in [2.05, 4.69) is 17.2 Å². The van der Waals surface area contributed by atoms with E-state index < -0.39 is 0 Å². The largest absolute Gasteiger partial charge is 0.328 e. The van der Waals surface area contributed by atoms with Crippen molar-refractivity contribution in [2.24, 2.45) is 5.73 Å². The van der Waals surface area contributed by atoms with Gasteiger partial charge >= 0.3 is 0 Å².